The Hall–Kier alpha value is -4.58. The van der Waals surface area contributed by atoms with Crippen LogP contribution in [0, 0.1) is 22.7 Å². The molecule has 1 amide bonds. The van der Waals surface area contributed by atoms with Crippen LogP contribution in [-0.4, -0.2) is 62.9 Å². The minimum absolute atomic E-state index is 0.161. The Balaban J connectivity index is 1.74. The molecule has 0 saturated carbocycles. The molecule has 1 saturated heterocycles. The first-order valence-corrected chi connectivity index (χ1v) is 11.6. The van der Waals surface area contributed by atoms with Crippen molar-refractivity contribution in [1.29, 1.82) is 10.5 Å². The number of aromatic nitrogens is 3. The fourth-order valence-corrected chi connectivity index (χ4v) is 3.45. The van der Waals surface area contributed by atoms with Gasteiger partial charge in [-0.2, -0.15) is 15.5 Å². The van der Waals surface area contributed by atoms with Crippen LogP contribution in [0.15, 0.2) is 41.4 Å². The van der Waals surface area contributed by atoms with Gasteiger partial charge in [0.15, 0.2) is 12.0 Å². The molecule has 12 heteroatoms. The van der Waals surface area contributed by atoms with Gasteiger partial charge in [-0.25, -0.2) is 14.4 Å². The number of nitrogens with zero attached hydrogens (tertiary/aromatic N) is 7. The number of benzene rings is 1. The summed E-state index contributed by atoms with van der Waals surface area (Å²) in [4.78, 5) is 30.3. The molecule has 3 N–H and O–H groups in total. The van der Waals surface area contributed by atoms with Crippen molar-refractivity contribution in [3.05, 3.63) is 42.0 Å². The lowest BCUT2D eigenvalue weighted by atomic mass is 10.0. The number of hydrogen-bond donors (Lipinski definition) is 2. The second kappa shape index (κ2) is 11.9. The zero-order valence-corrected chi connectivity index (χ0v) is 20.8. The van der Waals surface area contributed by atoms with Crippen LogP contribution in [0.3, 0.4) is 0 Å². The maximum Gasteiger partial charge on any atom is 0.236 e. The lowest BCUT2D eigenvalue weighted by molar-refractivity contribution is -0.134. The van der Waals surface area contributed by atoms with Crippen LogP contribution in [0.1, 0.15) is 39.2 Å². The van der Waals surface area contributed by atoms with E-state index in [9.17, 15) is 14.4 Å². The molecule has 0 aliphatic carbocycles. The first-order chi connectivity index (χ1) is 17.6. The third kappa shape index (κ3) is 7.45. The number of nitriles is 2. The Bertz CT molecular complexity index is 1270. The highest BCUT2D eigenvalue weighted by Crippen LogP contribution is 2.28. The third-order valence-electron chi connectivity index (χ3n) is 5.30. The van der Waals surface area contributed by atoms with Gasteiger partial charge in [-0.3, -0.25) is 9.79 Å². The molecule has 3 rings (SSSR count). The smallest absolute Gasteiger partial charge is 0.236 e. The summed E-state index contributed by atoms with van der Waals surface area (Å²) in [5.41, 5.74) is 6.60. The van der Waals surface area contributed by atoms with Gasteiger partial charge < -0.3 is 20.7 Å². The number of piperidine rings is 1. The fourth-order valence-electron chi connectivity index (χ4n) is 3.45. The minimum Gasteiger partial charge on any atom is -0.486 e. The molecule has 1 aromatic carbocycles. The van der Waals surface area contributed by atoms with Crippen molar-refractivity contribution in [2.24, 2.45) is 10.7 Å². The standard InChI is InChI=1S/C25H28FN9O2/c1-25(2,3)32-13-18(12-29)33-24-31-15-30-23(34-24)16-4-5-20(17(10-16)11-28)37-21-7-9-35(14-19(21)26)22(36)6-8-27/h4-5,10,12-13,15,19,21H,6-7,9,14,29H2,1-3H3,(H,30,31,33,34)/t19-,21+/m1/s1. The van der Waals surface area contributed by atoms with Crippen LogP contribution in [-0.2, 0) is 4.79 Å². The number of carbonyl (C=O) groups is 1. The summed E-state index contributed by atoms with van der Waals surface area (Å²) in [7, 11) is 0. The summed E-state index contributed by atoms with van der Waals surface area (Å²) in [6.07, 6.45) is 1.93. The summed E-state index contributed by atoms with van der Waals surface area (Å²) in [5, 5.41) is 21.3. The molecule has 37 heavy (non-hydrogen) atoms. The molecule has 0 spiro atoms. The second-order valence-electron chi connectivity index (χ2n) is 9.27. The van der Waals surface area contributed by atoms with Gasteiger partial charge in [0.1, 0.15) is 30.7 Å². The number of halogens is 1. The topological polar surface area (TPSA) is 166 Å². The van der Waals surface area contributed by atoms with Crippen molar-refractivity contribution in [3.8, 4) is 29.3 Å². The van der Waals surface area contributed by atoms with E-state index in [2.05, 4.69) is 31.3 Å². The molecule has 2 heterocycles. The van der Waals surface area contributed by atoms with Crippen LogP contribution in [0.4, 0.5) is 10.3 Å². The zero-order valence-electron chi connectivity index (χ0n) is 20.8. The first kappa shape index (κ1) is 27.0. The Morgan fingerprint density at radius 2 is 2.16 bits per heavy atom. The average molecular weight is 506 g/mol. The largest absolute Gasteiger partial charge is 0.486 e. The van der Waals surface area contributed by atoms with Gasteiger partial charge in [0.2, 0.25) is 11.9 Å². The molecule has 2 atom stereocenters. The Morgan fingerprint density at radius 3 is 2.81 bits per heavy atom. The van der Waals surface area contributed by atoms with E-state index in [-0.39, 0.29) is 48.7 Å². The van der Waals surface area contributed by atoms with Gasteiger partial charge in [-0.05, 0) is 39.0 Å². The van der Waals surface area contributed by atoms with Crippen LogP contribution in [0.5, 0.6) is 5.75 Å². The number of carbonyl (C=O) groups excluding carboxylic acids is 1. The SMILES string of the molecule is CC(C)(C)N=CC(=CN)Nc1ncnc(-c2ccc(O[C@H]3CCN(C(=O)CC#N)C[C@H]3F)c(C#N)c2)n1. The molecule has 192 valence electrons. The number of ether oxygens (including phenoxy) is 1. The van der Waals surface area contributed by atoms with E-state index >= 15 is 0 Å². The van der Waals surface area contributed by atoms with E-state index < -0.39 is 18.2 Å². The van der Waals surface area contributed by atoms with E-state index in [0.717, 1.165) is 0 Å². The number of nitrogens with one attached hydrogen (secondary N) is 1. The summed E-state index contributed by atoms with van der Waals surface area (Å²) < 4.78 is 20.5. The summed E-state index contributed by atoms with van der Waals surface area (Å²) in [6, 6.07) is 8.61. The Kier molecular flexibility index (Phi) is 8.69. The molecule has 1 aromatic heterocycles. The minimum atomic E-state index is -1.45. The number of rotatable bonds is 7. The zero-order chi connectivity index (χ0) is 27.0. The predicted octanol–water partition coefficient (Wildman–Crippen LogP) is 2.72. The summed E-state index contributed by atoms with van der Waals surface area (Å²) in [5.74, 6) is 0.346. The Labute approximate surface area is 214 Å². The molecular weight excluding hydrogens is 477 g/mol. The van der Waals surface area contributed by atoms with Crippen molar-refractivity contribution < 1.29 is 13.9 Å². The quantitative estimate of drug-likeness (QED) is 0.538. The lowest BCUT2D eigenvalue weighted by Gasteiger charge is -2.34. The van der Waals surface area contributed by atoms with Gasteiger partial charge in [-0.1, -0.05) is 0 Å². The summed E-state index contributed by atoms with van der Waals surface area (Å²) in [6.45, 7) is 5.96. The number of aliphatic imine (C=N–C) groups is 1. The number of alkyl halides is 1. The van der Waals surface area contributed by atoms with Gasteiger partial charge in [0.25, 0.3) is 0 Å². The predicted molar refractivity (Wildman–Crippen MR) is 135 cm³/mol. The molecule has 1 aliphatic heterocycles. The maximum absolute atomic E-state index is 14.7. The van der Waals surface area contributed by atoms with E-state index in [1.54, 1.807) is 30.5 Å². The average Bonchev–Trinajstić information content (AvgIpc) is 2.87. The number of anilines is 1. The summed E-state index contributed by atoms with van der Waals surface area (Å²) >= 11 is 0. The van der Waals surface area contributed by atoms with Crippen LogP contribution in [0.2, 0.25) is 0 Å². The van der Waals surface area contributed by atoms with Crippen molar-refractivity contribution in [2.75, 3.05) is 18.4 Å². The fraction of sp³-hybridized carbons (Fsp3) is 0.400. The molecular formula is C25H28FN9O2. The second-order valence-corrected chi connectivity index (χ2v) is 9.27. The number of likely N-dealkylation sites (tertiary alicyclic amines) is 1. The highest BCUT2D eigenvalue weighted by molar-refractivity contribution is 5.82. The van der Waals surface area contributed by atoms with Gasteiger partial charge in [-0.15, -0.1) is 0 Å². The van der Waals surface area contributed by atoms with E-state index in [0.29, 0.717) is 17.1 Å². The van der Waals surface area contributed by atoms with Crippen molar-refractivity contribution >= 4 is 18.1 Å². The van der Waals surface area contributed by atoms with Gasteiger partial charge in [0.05, 0.1) is 29.4 Å². The number of allylic oxidation sites excluding steroid dienone is 1. The Morgan fingerprint density at radius 1 is 1.38 bits per heavy atom. The molecule has 0 radical (unpaired) electrons. The van der Waals surface area contributed by atoms with Crippen LogP contribution in [0.25, 0.3) is 11.4 Å². The van der Waals surface area contributed by atoms with E-state index in [4.69, 9.17) is 15.7 Å². The molecule has 0 bridgehead atoms. The number of hydrogen-bond acceptors (Lipinski definition) is 10. The van der Waals surface area contributed by atoms with Gasteiger partial charge in [0, 0.05) is 30.9 Å². The van der Waals surface area contributed by atoms with Crippen LogP contribution >= 0.6 is 0 Å². The molecule has 2 aromatic rings. The number of amides is 1. The van der Waals surface area contributed by atoms with Crippen LogP contribution < -0.4 is 15.8 Å². The van der Waals surface area contributed by atoms with Crippen molar-refractivity contribution in [2.45, 2.75) is 51.4 Å². The maximum atomic E-state index is 14.7. The highest BCUT2D eigenvalue weighted by Gasteiger charge is 2.33. The monoisotopic (exact) mass is 505 g/mol. The van der Waals surface area contributed by atoms with Gasteiger partial charge >= 0.3 is 0 Å². The first-order valence-electron chi connectivity index (χ1n) is 11.6. The highest BCUT2D eigenvalue weighted by atomic mass is 19.1. The third-order valence-corrected chi connectivity index (χ3v) is 5.30. The van der Waals surface area contributed by atoms with E-state index in [1.807, 2.05) is 20.8 Å². The molecule has 1 aliphatic rings. The molecule has 11 nitrogen and oxygen atoms in total. The van der Waals surface area contributed by atoms with E-state index in [1.165, 1.54) is 17.4 Å². The number of nitrogens with two attached hydrogens (primary N) is 1. The lowest BCUT2D eigenvalue weighted by Crippen LogP contribution is -2.49. The van der Waals surface area contributed by atoms with Crippen molar-refractivity contribution in [3.63, 3.8) is 0 Å². The van der Waals surface area contributed by atoms with Crippen molar-refractivity contribution in [1.82, 2.24) is 19.9 Å². The molecule has 0 unspecified atom stereocenters. The normalized spacial score (nSPS) is 18.2. The molecule has 1 fully saturated rings.